The summed E-state index contributed by atoms with van der Waals surface area (Å²) in [6, 6.07) is 11.0. The molecule has 31 heavy (non-hydrogen) atoms. The Morgan fingerprint density at radius 1 is 1.06 bits per heavy atom. The summed E-state index contributed by atoms with van der Waals surface area (Å²) in [5.41, 5.74) is 3.61. The van der Waals surface area contributed by atoms with E-state index >= 15 is 0 Å². The third-order valence-electron chi connectivity index (χ3n) is 6.08. The van der Waals surface area contributed by atoms with Crippen molar-refractivity contribution in [1.82, 2.24) is 0 Å². The van der Waals surface area contributed by atoms with Crippen LogP contribution in [-0.4, -0.2) is 11.8 Å². The first-order valence-electron chi connectivity index (χ1n) is 10.6. The number of furan rings is 1. The predicted molar refractivity (Wildman–Crippen MR) is 125 cm³/mol. The number of hydrogen-bond acceptors (Lipinski definition) is 4. The number of nitrogens with one attached hydrogen (secondary N) is 2. The number of aryl methyl sites for hydroxylation is 1. The van der Waals surface area contributed by atoms with Crippen LogP contribution in [-0.2, 0) is 12.8 Å². The first-order chi connectivity index (χ1) is 14.7. The van der Waals surface area contributed by atoms with Gasteiger partial charge in [0.05, 0.1) is 11.8 Å². The molecule has 6 heteroatoms. The van der Waals surface area contributed by atoms with E-state index in [1.165, 1.54) is 22.5 Å². The molecule has 0 bridgehead atoms. The van der Waals surface area contributed by atoms with Gasteiger partial charge in [0.25, 0.3) is 11.8 Å². The maximum Gasteiger partial charge on any atom is 0.291 e. The lowest BCUT2D eigenvalue weighted by molar-refractivity contribution is 0.0997. The molecule has 3 aromatic rings. The van der Waals surface area contributed by atoms with Gasteiger partial charge in [-0.05, 0) is 66.8 Å². The second-order valence-corrected chi connectivity index (χ2v) is 10.3. The van der Waals surface area contributed by atoms with Crippen molar-refractivity contribution in [3.63, 3.8) is 0 Å². The molecule has 0 saturated heterocycles. The van der Waals surface area contributed by atoms with Crippen LogP contribution in [0.4, 0.5) is 10.7 Å². The maximum absolute atomic E-state index is 13.4. The fourth-order valence-electron chi connectivity index (χ4n) is 4.12. The molecule has 0 aliphatic heterocycles. The van der Waals surface area contributed by atoms with Crippen molar-refractivity contribution in [3.05, 3.63) is 70.0 Å². The number of thiophene rings is 1. The van der Waals surface area contributed by atoms with E-state index < -0.39 is 0 Å². The van der Waals surface area contributed by atoms with Gasteiger partial charge >= 0.3 is 0 Å². The molecular formula is C25H28N2O3S. The molecule has 0 unspecified atom stereocenters. The van der Waals surface area contributed by atoms with E-state index in [2.05, 4.69) is 31.4 Å². The summed E-state index contributed by atoms with van der Waals surface area (Å²) in [6.07, 6.45) is 4.25. The summed E-state index contributed by atoms with van der Waals surface area (Å²) in [7, 11) is 0. The third kappa shape index (κ3) is 4.44. The number of para-hydroxylation sites is 1. The molecule has 1 aliphatic rings. The minimum Gasteiger partial charge on any atom is -0.459 e. The highest BCUT2D eigenvalue weighted by atomic mass is 32.1. The van der Waals surface area contributed by atoms with E-state index in [9.17, 15) is 9.59 Å². The monoisotopic (exact) mass is 436 g/mol. The summed E-state index contributed by atoms with van der Waals surface area (Å²) < 4.78 is 5.24. The van der Waals surface area contributed by atoms with Gasteiger partial charge in [-0.15, -0.1) is 11.3 Å². The van der Waals surface area contributed by atoms with Crippen LogP contribution in [0.1, 0.15) is 64.1 Å². The van der Waals surface area contributed by atoms with Gasteiger partial charge in [-0.3, -0.25) is 9.59 Å². The van der Waals surface area contributed by atoms with Gasteiger partial charge in [0, 0.05) is 10.6 Å². The Kier molecular flexibility index (Phi) is 5.75. The topological polar surface area (TPSA) is 71.3 Å². The van der Waals surface area contributed by atoms with E-state index in [0.29, 0.717) is 16.5 Å². The number of carbonyl (C=O) groups excluding carboxylic acids is 2. The van der Waals surface area contributed by atoms with Gasteiger partial charge in [0.1, 0.15) is 5.00 Å². The number of anilines is 2. The summed E-state index contributed by atoms with van der Waals surface area (Å²) in [5.74, 6) is 0.236. The van der Waals surface area contributed by atoms with Crippen molar-refractivity contribution in [2.75, 3.05) is 10.6 Å². The Hall–Kier alpha value is -2.86. The van der Waals surface area contributed by atoms with Gasteiger partial charge in [-0.2, -0.15) is 0 Å². The summed E-state index contributed by atoms with van der Waals surface area (Å²) in [4.78, 5) is 27.2. The highest BCUT2D eigenvalue weighted by Gasteiger charge is 2.34. The van der Waals surface area contributed by atoms with Crippen LogP contribution in [0.2, 0.25) is 0 Å². The van der Waals surface area contributed by atoms with Crippen molar-refractivity contribution in [2.45, 2.75) is 47.0 Å². The lowest BCUT2D eigenvalue weighted by Crippen LogP contribution is -2.27. The maximum atomic E-state index is 13.4. The Morgan fingerprint density at radius 3 is 2.52 bits per heavy atom. The van der Waals surface area contributed by atoms with Crippen molar-refractivity contribution in [3.8, 4) is 0 Å². The van der Waals surface area contributed by atoms with Gasteiger partial charge in [0.15, 0.2) is 5.76 Å². The molecule has 0 spiro atoms. The largest absolute Gasteiger partial charge is 0.459 e. The van der Waals surface area contributed by atoms with Crippen LogP contribution in [0.3, 0.4) is 0 Å². The molecule has 2 amide bonds. The summed E-state index contributed by atoms with van der Waals surface area (Å²) in [5, 5.41) is 6.57. The zero-order chi connectivity index (χ0) is 22.2. The van der Waals surface area contributed by atoms with Crippen molar-refractivity contribution >= 4 is 33.8 Å². The summed E-state index contributed by atoms with van der Waals surface area (Å²) in [6.45, 7) is 8.76. The fourth-order valence-corrected chi connectivity index (χ4v) is 5.44. The number of rotatable bonds is 4. The Bertz CT molecular complexity index is 1110. The second-order valence-electron chi connectivity index (χ2n) is 9.21. The first kappa shape index (κ1) is 21.4. The third-order valence-corrected chi connectivity index (χ3v) is 7.25. The van der Waals surface area contributed by atoms with Crippen molar-refractivity contribution < 1.29 is 14.0 Å². The standard InChI is InChI=1S/C25H28N2O3S/c1-15-8-5-6-9-18(15)26-23(29)21-17-12-11-16(25(2,3)4)14-20(17)31-24(21)27-22(28)19-10-7-13-30-19/h5-10,13,16H,11-12,14H2,1-4H3,(H,26,29)(H,27,28)/t16-/m1/s1. The van der Waals surface area contributed by atoms with Gasteiger partial charge in [0.2, 0.25) is 0 Å². The molecule has 0 fully saturated rings. The van der Waals surface area contributed by atoms with Crippen molar-refractivity contribution in [1.29, 1.82) is 0 Å². The van der Waals surface area contributed by atoms with Crippen LogP contribution in [0.15, 0.2) is 47.1 Å². The van der Waals surface area contributed by atoms with E-state index in [-0.39, 0.29) is 23.0 Å². The normalized spacial score (nSPS) is 15.9. The van der Waals surface area contributed by atoms with E-state index in [4.69, 9.17) is 4.42 Å². The zero-order valence-corrected chi connectivity index (χ0v) is 19.2. The SMILES string of the molecule is Cc1ccccc1NC(=O)c1c(NC(=O)c2ccco2)sc2c1CC[C@@H](C(C)(C)C)C2. The molecule has 5 nitrogen and oxygen atoms in total. The van der Waals surface area contributed by atoms with E-state index in [0.717, 1.165) is 36.1 Å². The molecular weight excluding hydrogens is 408 g/mol. The average molecular weight is 437 g/mol. The molecule has 0 radical (unpaired) electrons. The average Bonchev–Trinajstić information content (AvgIpc) is 3.36. The Balaban J connectivity index is 1.69. The minimum absolute atomic E-state index is 0.184. The Morgan fingerprint density at radius 2 is 1.84 bits per heavy atom. The lowest BCUT2D eigenvalue weighted by Gasteiger charge is -2.33. The molecule has 4 rings (SSSR count). The van der Waals surface area contributed by atoms with Gasteiger partial charge in [-0.25, -0.2) is 0 Å². The van der Waals surface area contributed by atoms with Crippen LogP contribution >= 0.6 is 11.3 Å². The van der Waals surface area contributed by atoms with Gasteiger partial charge < -0.3 is 15.1 Å². The molecule has 2 heterocycles. The van der Waals surface area contributed by atoms with Crippen LogP contribution in [0, 0.1) is 18.3 Å². The Labute approximate surface area is 186 Å². The zero-order valence-electron chi connectivity index (χ0n) is 18.4. The van der Waals surface area contributed by atoms with Crippen LogP contribution in [0.25, 0.3) is 0 Å². The smallest absolute Gasteiger partial charge is 0.291 e. The first-order valence-corrected chi connectivity index (χ1v) is 11.4. The number of benzene rings is 1. The van der Waals surface area contributed by atoms with Crippen molar-refractivity contribution in [2.24, 2.45) is 11.3 Å². The predicted octanol–water partition coefficient (Wildman–Crippen LogP) is 6.31. The molecule has 0 saturated carbocycles. The quantitative estimate of drug-likeness (QED) is 0.504. The highest BCUT2D eigenvalue weighted by Crippen LogP contribution is 2.44. The molecule has 1 atom stereocenters. The number of amides is 2. The second kappa shape index (κ2) is 8.35. The minimum atomic E-state index is -0.346. The number of hydrogen-bond donors (Lipinski definition) is 2. The van der Waals surface area contributed by atoms with E-state index in [1.54, 1.807) is 12.1 Å². The van der Waals surface area contributed by atoms with Crippen LogP contribution < -0.4 is 10.6 Å². The molecule has 1 aromatic carbocycles. The molecule has 2 N–H and O–H groups in total. The molecule has 162 valence electrons. The van der Waals surface area contributed by atoms with E-state index in [1.807, 2.05) is 31.2 Å². The summed E-state index contributed by atoms with van der Waals surface area (Å²) >= 11 is 1.52. The van der Waals surface area contributed by atoms with Gasteiger partial charge in [-0.1, -0.05) is 39.0 Å². The molecule has 1 aliphatic carbocycles. The number of fused-ring (bicyclic) bond motifs is 1. The lowest BCUT2D eigenvalue weighted by atomic mass is 9.72. The van der Waals surface area contributed by atoms with Crippen LogP contribution in [0.5, 0.6) is 0 Å². The number of carbonyl (C=O) groups is 2. The fraction of sp³-hybridized carbons (Fsp3) is 0.360. The highest BCUT2D eigenvalue weighted by molar-refractivity contribution is 7.17. The molecule has 2 aromatic heterocycles.